The normalized spacial score (nSPS) is 10.4. The van der Waals surface area contributed by atoms with Crippen molar-refractivity contribution in [3.05, 3.63) is 40.9 Å². The number of rotatable bonds is 5. The second-order valence-corrected chi connectivity index (χ2v) is 4.47. The molecule has 1 aromatic heterocycles. The molecule has 3 N–H and O–H groups in total. The second kappa shape index (κ2) is 5.65. The fraction of sp³-hybridized carbons (Fsp3) is 0.250. The zero-order valence-corrected chi connectivity index (χ0v) is 10.1. The summed E-state index contributed by atoms with van der Waals surface area (Å²) in [5, 5.41) is 11.2. The summed E-state index contributed by atoms with van der Waals surface area (Å²) in [7, 11) is 0. The van der Waals surface area contributed by atoms with Crippen LogP contribution in [0.2, 0.25) is 0 Å². The Kier molecular flexibility index (Phi) is 3.95. The molecule has 0 spiro atoms. The first-order valence-corrected chi connectivity index (χ1v) is 6.18. The third-order valence-electron chi connectivity index (χ3n) is 2.28. The Hall–Kier alpha value is -1.59. The molecule has 0 amide bonds. The van der Waals surface area contributed by atoms with E-state index < -0.39 is 0 Å². The Morgan fingerprint density at radius 3 is 2.65 bits per heavy atom. The Morgan fingerprint density at radius 2 is 2.06 bits per heavy atom. The van der Waals surface area contributed by atoms with Gasteiger partial charge in [-0.2, -0.15) is 0 Å². The van der Waals surface area contributed by atoms with Crippen LogP contribution in [0.3, 0.4) is 0 Å². The summed E-state index contributed by atoms with van der Waals surface area (Å²) >= 11 is 1.41. The van der Waals surface area contributed by atoms with E-state index in [0.717, 1.165) is 17.0 Å². The van der Waals surface area contributed by atoms with Gasteiger partial charge in [-0.3, -0.25) is 0 Å². The molecule has 0 aliphatic heterocycles. The minimum atomic E-state index is 0.165. The molecule has 0 bridgehead atoms. The van der Waals surface area contributed by atoms with Crippen molar-refractivity contribution < 1.29 is 9.84 Å². The van der Waals surface area contributed by atoms with Crippen LogP contribution in [0.1, 0.15) is 11.3 Å². The molecule has 0 radical (unpaired) electrons. The van der Waals surface area contributed by atoms with Crippen LogP contribution >= 0.6 is 11.3 Å². The van der Waals surface area contributed by atoms with E-state index in [1.165, 1.54) is 11.3 Å². The van der Waals surface area contributed by atoms with Gasteiger partial charge in [-0.1, -0.05) is 12.1 Å². The number of hydrogen-bond acceptors (Lipinski definition) is 5. The number of thiazole rings is 1. The first-order chi connectivity index (χ1) is 8.28. The Bertz CT molecular complexity index is 468. The molecular weight excluding hydrogens is 236 g/mol. The summed E-state index contributed by atoms with van der Waals surface area (Å²) in [5.41, 5.74) is 7.46. The van der Waals surface area contributed by atoms with E-state index in [1.54, 1.807) is 0 Å². The molecular formula is C12H14N2O2S. The van der Waals surface area contributed by atoms with Gasteiger partial charge < -0.3 is 15.6 Å². The van der Waals surface area contributed by atoms with Crippen molar-refractivity contribution in [1.29, 1.82) is 0 Å². The zero-order chi connectivity index (χ0) is 12.1. The molecule has 5 heteroatoms. The summed E-state index contributed by atoms with van der Waals surface area (Å²) in [5.74, 6) is 0.790. The summed E-state index contributed by atoms with van der Waals surface area (Å²) < 4.78 is 5.56. The molecule has 4 nitrogen and oxygen atoms in total. The molecule has 0 saturated heterocycles. The largest absolute Gasteiger partial charge is 0.487 e. The van der Waals surface area contributed by atoms with Crippen LogP contribution < -0.4 is 10.5 Å². The number of hydrogen-bond donors (Lipinski definition) is 2. The number of aromatic nitrogens is 1. The van der Waals surface area contributed by atoms with Gasteiger partial charge in [0.1, 0.15) is 12.4 Å². The van der Waals surface area contributed by atoms with Crippen molar-refractivity contribution in [2.24, 2.45) is 0 Å². The van der Waals surface area contributed by atoms with Crippen LogP contribution in [-0.2, 0) is 13.0 Å². The molecule has 0 fully saturated rings. The lowest BCUT2D eigenvalue weighted by Crippen LogP contribution is -1.97. The maximum Gasteiger partial charge on any atom is 0.180 e. The maximum absolute atomic E-state index is 8.79. The molecule has 1 heterocycles. The van der Waals surface area contributed by atoms with Crippen LogP contribution in [0.5, 0.6) is 5.75 Å². The third-order valence-corrected chi connectivity index (χ3v) is 3.00. The van der Waals surface area contributed by atoms with Crippen LogP contribution in [-0.4, -0.2) is 16.7 Å². The third kappa shape index (κ3) is 3.44. The van der Waals surface area contributed by atoms with E-state index in [2.05, 4.69) is 4.98 Å². The molecule has 2 aromatic rings. The summed E-state index contributed by atoms with van der Waals surface area (Å²) in [4.78, 5) is 4.11. The number of aliphatic hydroxyl groups excluding tert-OH is 1. The summed E-state index contributed by atoms with van der Waals surface area (Å²) in [6.07, 6.45) is 0.670. The number of anilines is 1. The first kappa shape index (κ1) is 11.9. The van der Waals surface area contributed by atoms with E-state index in [0.29, 0.717) is 18.2 Å². The molecule has 0 aliphatic carbocycles. The van der Waals surface area contributed by atoms with Crippen molar-refractivity contribution in [2.75, 3.05) is 12.3 Å². The Balaban J connectivity index is 1.90. The van der Waals surface area contributed by atoms with Crippen LogP contribution in [0.4, 0.5) is 5.13 Å². The van der Waals surface area contributed by atoms with Gasteiger partial charge in [-0.15, -0.1) is 11.3 Å². The van der Waals surface area contributed by atoms with Crippen molar-refractivity contribution in [3.8, 4) is 5.75 Å². The fourth-order valence-corrected chi connectivity index (χ4v) is 1.98. The quantitative estimate of drug-likeness (QED) is 0.849. The Labute approximate surface area is 104 Å². The first-order valence-electron chi connectivity index (χ1n) is 5.30. The monoisotopic (exact) mass is 250 g/mol. The number of aliphatic hydroxyl groups is 1. The molecule has 0 unspecified atom stereocenters. The van der Waals surface area contributed by atoms with Gasteiger partial charge in [-0.05, 0) is 24.1 Å². The smallest absolute Gasteiger partial charge is 0.180 e. The number of nitrogen functional groups attached to an aromatic ring is 1. The predicted octanol–water partition coefficient (Wildman–Crippen LogP) is 1.84. The SMILES string of the molecule is Nc1nc(COc2ccc(CCO)cc2)cs1. The summed E-state index contributed by atoms with van der Waals surface area (Å²) in [6, 6.07) is 7.67. The zero-order valence-electron chi connectivity index (χ0n) is 9.30. The van der Waals surface area contributed by atoms with Crippen molar-refractivity contribution >= 4 is 16.5 Å². The van der Waals surface area contributed by atoms with Crippen LogP contribution in [0.15, 0.2) is 29.6 Å². The lowest BCUT2D eigenvalue weighted by molar-refractivity contribution is 0.297. The fourth-order valence-electron chi connectivity index (χ4n) is 1.43. The summed E-state index contributed by atoms with van der Waals surface area (Å²) in [6.45, 7) is 0.589. The van der Waals surface area contributed by atoms with Crippen LogP contribution in [0.25, 0.3) is 0 Å². The van der Waals surface area contributed by atoms with Crippen LogP contribution in [0, 0.1) is 0 Å². The molecule has 2 rings (SSSR count). The van der Waals surface area contributed by atoms with E-state index in [1.807, 2.05) is 29.6 Å². The van der Waals surface area contributed by atoms with Gasteiger partial charge in [0.25, 0.3) is 0 Å². The van der Waals surface area contributed by atoms with Crippen molar-refractivity contribution in [2.45, 2.75) is 13.0 Å². The molecule has 17 heavy (non-hydrogen) atoms. The highest BCUT2D eigenvalue weighted by Crippen LogP contribution is 2.16. The molecule has 0 atom stereocenters. The lowest BCUT2D eigenvalue weighted by atomic mass is 10.1. The molecule has 0 aliphatic rings. The van der Waals surface area contributed by atoms with Crippen molar-refractivity contribution in [3.63, 3.8) is 0 Å². The number of benzene rings is 1. The van der Waals surface area contributed by atoms with Crippen molar-refractivity contribution in [1.82, 2.24) is 4.98 Å². The van der Waals surface area contributed by atoms with Gasteiger partial charge >= 0.3 is 0 Å². The minimum absolute atomic E-state index is 0.165. The topological polar surface area (TPSA) is 68.4 Å². The van der Waals surface area contributed by atoms with E-state index in [-0.39, 0.29) is 6.61 Å². The lowest BCUT2D eigenvalue weighted by Gasteiger charge is -2.05. The number of ether oxygens (including phenoxy) is 1. The van der Waals surface area contributed by atoms with Gasteiger partial charge in [0.05, 0.1) is 5.69 Å². The number of nitrogens with zero attached hydrogens (tertiary/aromatic N) is 1. The second-order valence-electron chi connectivity index (χ2n) is 3.58. The molecule has 90 valence electrons. The van der Waals surface area contributed by atoms with Gasteiger partial charge in [-0.25, -0.2) is 4.98 Å². The molecule has 0 saturated carbocycles. The average Bonchev–Trinajstić information content (AvgIpc) is 2.75. The van der Waals surface area contributed by atoms with E-state index in [9.17, 15) is 0 Å². The highest BCUT2D eigenvalue weighted by atomic mass is 32.1. The molecule has 1 aromatic carbocycles. The van der Waals surface area contributed by atoms with E-state index >= 15 is 0 Å². The number of nitrogens with two attached hydrogens (primary N) is 1. The van der Waals surface area contributed by atoms with Gasteiger partial charge in [0.2, 0.25) is 0 Å². The standard InChI is InChI=1S/C12H14N2O2S/c13-12-14-10(8-17-12)7-16-11-3-1-9(2-4-11)5-6-15/h1-4,8,15H,5-7H2,(H2,13,14). The van der Waals surface area contributed by atoms with Gasteiger partial charge in [0.15, 0.2) is 5.13 Å². The average molecular weight is 250 g/mol. The predicted molar refractivity (Wildman–Crippen MR) is 68.1 cm³/mol. The highest BCUT2D eigenvalue weighted by molar-refractivity contribution is 7.13. The highest BCUT2D eigenvalue weighted by Gasteiger charge is 2.00. The van der Waals surface area contributed by atoms with Gasteiger partial charge in [0, 0.05) is 12.0 Å². The Morgan fingerprint density at radius 1 is 1.29 bits per heavy atom. The van der Waals surface area contributed by atoms with E-state index in [4.69, 9.17) is 15.6 Å². The minimum Gasteiger partial charge on any atom is -0.487 e. The maximum atomic E-state index is 8.79.